The highest BCUT2D eigenvalue weighted by molar-refractivity contribution is 6.06. The Kier molecular flexibility index (Phi) is 4.36. The summed E-state index contributed by atoms with van der Waals surface area (Å²) in [6, 6.07) is 5.18. The van der Waals surface area contributed by atoms with E-state index in [9.17, 15) is 14.4 Å². The molecule has 2 aromatic rings. The number of hydrogen-bond donors (Lipinski definition) is 2. The highest BCUT2D eigenvalue weighted by Crippen LogP contribution is 2.32. The molecule has 0 bridgehead atoms. The molecule has 9 heteroatoms. The summed E-state index contributed by atoms with van der Waals surface area (Å²) in [6.07, 6.45) is -6.76. The molecule has 2 N–H and O–H groups in total. The Morgan fingerprint density at radius 3 is 2.85 bits per heavy atom. The number of nitrogens with zero attached hydrogens (tertiary/aromatic N) is 2. The number of ether oxygens (including phenoxy) is 1. The van der Waals surface area contributed by atoms with Crippen LogP contribution < -0.4 is 10.6 Å². The molecule has 2 aromatic carbocycles. The molecule has 5 rings (SSSR count). The molecule has 178 valence electrons. The Hall–Kier alpha value is -3.30. The molecule has 0 aromatic heterocycles. The smallest absolute Gasteiger partial charge is 0.255 e. The summed E-state index contributed by atoms with van der Waals surface area (Å²) in [5.41, 5.74) is 0.399. The fourth-order valence-corrected chi connectivity index (χ4v) is 4.10. The average Bonchev–Trinajstić information content (AvgIpc) is 3.25. The van der Waals surface area contributed by atoms with Crippen LogP contribution in [0.25, 0.3) is 0 Å². The zero-order chi connectivity index (χ0) is 30.0. The molecule has 2 fully saturated rings. The molecular weight excluding hydrogens is 439 g/mol. The van der Waals surface area contributed by atoms with Gasteiger partial charge in [0.05, 0.1) is 17.3 Å². The quantitative estimate of drug-likeness (QED) is 0.624. The monoisotopic (exact) mass is 473 g/mol. The first kappa shape index (κ1) is 15.6. The van der Waals surface area contributed by atoms with E-state index in [1.165, 1.54) is 30.3 Å². The van der Waals surface area contributed by atoms with Crippen LogP contribution in [0.5, 0.6) is 0 Å². The Bertz CT molecular complexity index is 1440. The van der Waals surface area contributed by atoms with Crippen molar-refractivity contribution in [2.75, 3.05) is 31.6 Å². The van der Waals surface area contributed by atoms with E-state index in [2.05, 4.69) is 10.2 Å². The number of fused-ring (bicyclic) bond motifs is 1. The number of carbonyl (C=O) groups excluding carboxylic acids is 3. The highest BCUT2D eigenvalue weighted by Gasteiger charge is 2.39. The van der Waals surface area contributed by atoms with Crippen LogP contribution in [-0.4, -0.2) is 59.8 Å². The predicted octanol–water partition coefficient (Wildman–Crippen LogP) is 2.03. The zero-order valence-corrected chi connectivity index (χ0v) is 18.1. The van der Waals surface area contributed by atoms with Gasteiger partial charge in [0.15, 0.2) is 0 Å². The molecule has 1 unspecified atom stereocenters. The first-order valence-electron chi connectivity index (χ1n) is 14.3. The van der Waals surface area contributed by atoms with E-state index < -0.39 is 55.3 Å². The van der Waals surface area contributed by atoms with Crippen molar-refractivity contribution in [3.63, 3.8) is 0 Å². The molecule has 0 radical (unpaired) electrons. The molecule has 3 aliphatic heterocycles. The molecular formula is C25H27FN4O4. The fourth-order valence-electron chi connectivity index (χ4n) is 4.10. The van der Waals surface area contributed by atoms with Crippen LogP contribution in [-0.2, 0) is 33.9 Å². The van der Waals surface area contributed by atoms with Crippen LogP contribution in [0.2, 0.25) is 0 Å². The number of anilines is 1. The summed E-state index contributed by atoms with van der Waals surface area (Å²) in [6.45, 7) is -0.0246. The standard InChI is InChI=1S/C25H27FN4O4/c26-20-12-16(14-29-8-10-34-11-9-29)4-5-17(20)13-27-21-3-1-2-18-19(21)15-30(25(18)33)22-6-7-23(31)28-24(22)32/h1-5,12,22,27H,6-11,13-15H2,(H,28,31,32)/i6D2,7D2,13D2,22D. The van der Waals surface area contributed by atoms with Gasteiger partial charge < -0.3 is 15.0 Å². The Balaban J connectivity index is 1.42. The Morgan fingerprint density at radius 2 is 2.06 bits per heavy atom. The fraction of sp³-hybridized carbons (Fsp3) is 0.400. The minimum Gasteiger partial charge on any atom is -0.381 e. The third-order valence-corrected chi connectivity index (χ3v) is 5.85. The van der Waals surface area contributed by atoms with Crippen molar-refractivity contribution in [2.45, 2.75) is 38.4 Å². The van der Waals surface area contributed by atoms with Crippen molar-refractivity contribution in [3.05, 3.63) is 64.5 Å². The predicted molar refractivity (Wildman–Crippen MR) is 122 cm³/mol. The van der Waals surface area contributed by atoms with Gasteiger partial charge in [0.1, 0.15) is 11.8 Å². The summed E-state index contributed by atoms with van der Waals surface area (Å²) in [4.78, 5) is 40.7. The summed E-state index contributed by atoms with van der Waals surface area (Å²) >= 11 is 0. The number of hydrogen-bond acceptors (Lipinski definition) is 6. The lowest BCUT2D eigenvalue weighted by molar-refractivity contribution is -0.136. The van der Waals surface area contributed by atoms with E-state index >= 15 is 4.39 Å². The minimum absolute atomic E-state index is 0.0274. The molecule has 1 atom stereocenters. The molecule has 3 heterocycles. The van der Waals surface area contributed by atoms with Gasteiger partial charge in [-0.3, -0.25) is 24.6 Å². The van der Waals surface area contributed by atoms with Gasteiger partial charge in [-0.15, -0.1) is 0 Å². The lowest BCUT2D eigenvalue weighted by Crippen LogP contribution is -2.52. The number of amides is 3. The molecule has 8 nitrogen and oxygen atoms in total. The van der Waals surface area contributed by atoms with E-state index in [0.717, 1.165) is 0 Å². The minimum atomic E-state index is -3.44. The third kappa shape index (κ3) is 4.53. The van der Waals surface area contributed by atoms with Gasteiger partial charge in [-0.2, -0.15) is 0 Å². The van der Waals surface area contributed by atoms with Crippen LogP contribution in [0.15, 0.2) is 36.4 Å². The largest absolute Gasteiger partial charge is 0.381 e. The lowest BCUT2D eigenvalue weighted by atomic mass is 10.0. The van der Waals surface area contributed by atoms with Crippen molar-refractivity contribution < 1.29 is 33.1 Å². The Labute approximate surface area is 206 Å². The van der Waals surface area contributed by atoms with Crippen LogP contribution in [0.3, 0.4) is 0 Å². The number of benzene rings is 2. The van der Waals surface area contributed by atoms with Gasteiger partial charge >= 0.3 is 0 Å². The number of piperidine rings is 1. The van der Waals surface area contributed by atoms with Crippen LogP contribution in [0, 0.1) is 5.82 Å². The molecule has 0 saturated carbocycles. The van der Waals surface area contributed by atoms with Crippen molar-refractivity contribution in [2.24, 2.45) is 0 Å². The van der Waals surface area contributed by atoms with Crippen LogP contribution >= 0.6 is 0 Å². The van der Waals surface area contributed by atoms with Gasteiger partial charge in [0.2, 0.25) is 11.8 Å². The number of halogens is 1. The first-order valence-corrected chi connectivity index (χ1v) is 10.8. The lowest BCUT2D eigenvalue weighted by Gasteiger charge is -2.29. The highest BCUT2D eigenvalue weighted by atomic mass is 19.1. The maximum absolute atomic E-state index is 15.2. The van der Waals surface area contributed by atoms with Crippen LogP contribution in [0.4, 0.5) is 10.1 Å². The van der Waals surface area contributed by atoms with Crippen molar-refractivity contribution in [1.82, 2.24) is 15.1 Å². The zero-order valence-electron chi connectivity index (χ0n) is 25.1. The maximum Gasteiger partial charge on any atom is 0.255 e. The maximum atomic E-state index is 15.2. The normalized spacial score (nSPS) is 29.5. The summed E-state index contributed by atoms with van der Waals surface area (Å²) < 4.78 is 78.6. The summed E-state index contributed by atoms with van der Waals surface area (Å²) in [7, 11) is 0. The van der Waals surface area contributed by atoms with Crippen LogP contribution in [0.1, 0.15) is 49.4 Å². The molecule has 0 aliphatic carbocycles. The Morgan fingerprint density at radius 1 is 1.24 bits per heavy atom. The summed E-state index contributed by atoms with van der Waals surface area (Å²) in [5.74, 6) is -4.84. The van der Waals surface area contributed by atoms with Gasteiger partial charge in [-0.25, -0.2) is 4.39 Å². The van der Waals surface area contributed by atoms with Gasteiger partial charge in [-0.1, -0.05) is 18.2 Å². The van der Waals surface area contributed by atoms with E-state index in [1.807, 2.05) is 0 Å². The van der Waals surface area contributed by atoms with E-state index in [4.69, 9.17) is 14.3 Å². The van der Waals surface area contributed by atoms with E-state index in [1.54, 1.807) is 11.4 Å². The van der Waals surface area contributed by atoms with Gasteiger partial charge in [0, 0.05) is 66.9 Å². The SMILES string of the molecule is [2H]C([2H])(Nc1cccc2c1CN(C1([2H])C(=O)NC(=O)C([2H])([2H])C1([2H])[2H])C2=O)c1ccc(CN2CCOCC2)cc1F. The molecule has 3 aliphatic rings. The van der Waals surface area contributed by atoms with E-state index in [-0.39, 0.29) is 22.4 Å². The number of rotatable bonds is 6. The molecule has 3 amide bonds. The average molecular weight is 474 g/mol. The van der Waals surface area contributed by atoms with Gasteiger partial charge in [0.25, 0.3) is 5.91 Å². The topological polar surface area (TPSA) is 91.0 Å². The number of nitrogens with one attached hydrogen (secondary N) is 2. The summed E-state index contributed by atoms with van der Waals surface area (Å²) in [5, 5.41) is 4.24. The second-order valence-electron chi connectivity index (χ2n) is 8.06. The van der Waals surface area contributed by atoms with Gasteiger partial charge in [-0.05, 0) is 30.1 Å². The second-order valence-corrected chi connectivity index (χ2v) is 8.06. The second kappa shape index (κ2) is 9.52. The first-order chi connectivity index (χ1) is 19.1. The molecule has 34 heavy (non-hydrogen) atoms. The number of imide groups is 1. The number of carbonyl (C=O) groups is 3. The molecule has 2 saturated heterocycles. The third-order valence-electron chi connectivity index (χ3n) is 5.85. The van der Waals surface area contributed by atoms with Crippen molar-refractivity contribution in [3.8, 4) is 0 Å². The van der Waals surface area contributed by atoms with E-state index in [0.29, 0.717) is 43.3 Å². The van der Waals surface area contributed by atoms with Crippen molar-refractivity contribution >= 4 is 23.4 Å². The molecule has 0 spiro atoms. The number of morpholine rings is 1. The van der Waals surface area contributed by atoms with Crippen molar-refractivity contribution in [1.29, 1.82) is 0 Å².